The van der Waals surface area contributed by atoms with E-state index in [1.807, 2.05) is 6.92 Å². The van der Waals surface area contributed by atoms with Crippen molar-refractivity contribution in [2.45, 2.75) is 25.8 Å². The summed E-state index contributed by atoms with van der Waals surface area (Å²) in [5, 5.41) is 12.3. The van der Waals surface area contributed by atoms with E-state index >= 15 is 0 Å². The van der Waals surface area contributed by atoms with Crippen molar-refractivity contribution in [1.29, 1.82) is 0 Å². The number of amides is 1. The minimum absolute atomic E-state index is 0.0572. The Morgan fingerprint density at radius 1 is 1.47 bits per heavy atom. The van der Waals surface area contributed by atoms with Crippen LogP contribution in [0.2, 0.25) is 0 Å². The lowest BCUT2D eigenvalue weighted by Gasteiger charge is -2.19. The molecule has 1 unspecified atom stereocenters. The first-order valence-corrected chi connectivity index (χ1v) is 6.48. The predicted octanol–water partition coefficient (Wildman–Crippen LogP) is 1.54. The first-order valence-electron chi connectivity index (χ1n) is 6.48. The van der Waals surface area contributed by atoms with Gasteiger partial charge >= 0.3 is 0 Å². The van der Waals surface area contributed by atoms with E-state index in [-0.39, 0.29) is 18.6 Å². The van der Waals surface area contributed by atoms with Gasteiger partial charge in [-0.25, -0.2) is 0 Å². The molecule has 19 heavy (non-hydrogen) atoms. The molecule has 5 heteroatoms. The van der Waals surface area contributed by atoms with E-state index in [2.05, 4.69) is 5.32 Å². The van der Waals surface area contributed by atoms with Gasteiger partial charge in [0.15, 0.2) is 0 Å². The Hall–Kier alpha value is -1.75. The third kappa shape index (κ3) is 4.13. The molecule has 5 nitrogen and oxygen atoms in total. The number of hydrogen-bond acceptors (Lipinski definition) is 4. The zero-order chi connectivity index (χ0) is 14.4. The molecule has 0 aliphatic rings. The fraction of sp³-hybridized carbons (Fsp3) is 0.500. The molecule has 1 rings (SSSR count). The largest absolute Gasteiger partial charge is 0.397 e. The van der Waals surface area contributed by atoms with Gasteiger partial charge in [0.05, 0.1) is 11.4 Å². The van der Waals surface area contributed by atoms with Gasteiger partial charge in [0.2, 0.25) is 0 Å². The zero-order valence-corrected chi connectivity index (χ0v) is 11.8. The first-order chi connectivity index (χ1) is 8.99. The van der Waals surface area contributed by atoms with Gasteiger partial charge < -0.3 is 21.1 Å². The number of anilines is 2. The number of carbonyl (C=O) groups is 1. The van der Waals surface area contributed by atoms with Crippen LogP contribution in [0.4, 0.5) is 11.4 Å². The Kier molecular flexibility index (Phi) is 5.63. The number of aliphatic hydroxyl groups excluding tert-OH is 1. The van der Waals surface area contributed by atoms with E-state index in [1.54, 1.807) is 32.3 Å². The van der Waals surface area contributed by atoms with Crippen LogP contribution in [0.5, 0.6) is 0 Å². The molecule has 0 saturated heterocycles. The molecule has 0 fully saturated rings. The minimum atomic E-state index is -0.0572. The van der Waals surface area contributed by atoms with Crippen molar-refractivity contribution in [2.75, 3.05) is 31.8 Å². The van der Waals surface area contributed by atoms with E-state index in [1.165, 1.54) is 4.90 Å². The molecule has 0 aliphatic carbocycles. The van der Waals surface area contributed by atoms with Gasteiger partial charge in [0, 0.05) is 32.3 Å². The lowest BCUT2D eigenvalue weighted by atomic mass is 10.1. The van der Waals surface area contributed by atoms with E-state index in [9.17, 15) is 4.79 Å². The highest BCUT2D eigenvalue weighted by molar-refractivity contribution is 5.95. The van der Waals surface area contributed by atoms with Crippen LogP contribution >= 0.6 is 0 Å². The highest BCUT2D eigenvalue weighted by Gasteiger charge is 2.12. The highest BCUT2D eigenvalue weighted by Crippen LogP contribution is 2.22. The van der Waals surface area contributed by atoms with Crippen molar-refractivity contribution in [2.24, 2.45) is 0 Å². The van der Waals surface area contributed by atoms with Crippen LogP contribution in [-0.2, 0) is 0 Å². The third-order valence-corrected chi connectivity index (χ3v) is 3.04. The molecular formula is C14H23N3O2. The quantitative estimate of drug-likeness (QED) is 0.682. The highest BCUT2D eigenvalue weighted by atomic mass is 16.3. The smallest absolute Gasteiger partial charge is 0.253 e. The van der Waals surface area contributed by atoms with Crippen LogP contribution in [0, 0.1) is 0 Å². The van der Waals surface area contributed by atoms with Crippen LogP contribution < -0.4 is 11.1 Å². The molecule has 1 aromatic carbocycles. The Morgan fingerprint density at radius 2 is 2.16 bits per heavy atom. The van der Waals surface area contributed by atoms with Crippen LogP contribution in [0.15, 0.2) is 18.2 Å². The lowest BCUT2D eigenvalue weighted by molar-refractivity contribution is 0.0827. The molecule has 0 radical (unpaired) electrons. The second-order valence-electron chi connectivity index (χ2n) is 4.76. The number of aliphatic hydroxyl groups is 1. The fourth-order valence-corrected chi connectivity index (χ4v) is 1.83. The molecule has 4 N–H and O–H groups in total. The number of benzene rings is 1. The maximum absolute atomic E-state index is 11.9. The molecule has 106 valence electrons. The summed E-state index contributed by atoms with van der Waals surface area (Å²) in [6, 6.07) is 5.36. The Labute approximate surface area is 114 Å². The first kappa shape index (κ1) is 15.3. The number of nitrogens with two attached hydrogens (primary N) is 1. The number of rotatable bonds is 6. The molecule has 0 saturated carbocycles. The lowest BCUT2D eigenvalue weighted by Crippen LogP contribution is -2.23. The van der Waals surface area contributed by atoms with Crippen LogP contribution in [-0.4, -0.2) is 42.7 Å². The van der Waals surface area contributed by atoms with E-state index < -0.39 is 0 Å². The van der Waals surface area contributed by atoms with Crippen molar-refractivity contribution in [1.82, 2.24) is 4.90 Å². The third-order valence-electron chi connectivity index (χ3n) is 3.04. The van der Waals surface area contributed by atoms with E-state index in [0.717, 1.165) is 12.1 Å². The summed E-state index contributed by atoms with van der Waals surface area (Å²) in [7, 11) is 3.43. The molecule has 1 atom stereocenters. The molecule has 0 aromatic heterocycles. The van der Waals surface area contributed by atoms with Crippen molar-refractivity contribution in [3.8, 4) is 0 Å². The van der Waals surface area contributed by atoms with Gasteiger partial charge in [-0.15, -0.1) is 0 Å². The number of nitrogen functional groups attached to an aromatic ring is 1. The molecule has 0 bridgehead atoms. The van der Waals surface area contributed by atoms with Gasteiger partial charge in [-0.1, -0.05) is 6.92 Å². The van der Waals surface area contributed by atoms with Gasteiger partial charge in [-0.2, -0.15) is 0 Å². The monoisotopic (exact) mass is 265 g/mol. The minimum Gasteiger partial charge on any atom is -0.397 e. The van der Waals surface area contributed by atoms with Gasteiger partial charge in [0.1, 0.15) is 0 Å². The Bertz CT molecular complexity index is 433. The second-order valence-corrected chi connectivity index (χ2v) is 4.76. The topological polar surface area (TPSA) is 78.6 Å². The summed E-state index contributed by atoms with van der Waals surface area (Å²) >= 11 is 0. The van der Waals surface area contributed by atoms with Crippen LogP contribution in [0.25, 0.3) is 0 Å². The van der Waals surface area contributed by atoms with E-state index in [0.29, 0.717) is 17.7 Å². The molecular weight excluding hydrogens is 242 g/mol. The zero-order valence-electron chi connectivity index (χ0n) is 11.8. The number of carbonyl (C=O) groups excluding carboxylic acids is 1. The molecule has 1 amide bonds. The summed E-state index contributed by atoms with van der Waals surface area (Å²) in [5.74, 6) is -0.0572. The summed E-state index contributed by atoms with van der Waals surface area (Å²) in [5.41, 5.74) is 7.86. The van der Waals surface area contributed by atoms with Gasteiger partial charge in [0.25, 0.3) is 5.91 Å². The summed E-state index contributed by atoms with van der Waals surface area (Å²) < 4.78 is 0. The summed E-state index contributed by atoms with van der Waals surface area (Å²) in [6.07, 6.45) is 1.54. The fourth-order valence-electron chi connectivity index (χ4n) is 1.83. The van der Waals surface area contributed by atoms with Crippen molar-refractivity contribution in [3.05, 3.63) is 23.8 Å². The standard InChI is InChI=1S/C14H23N3O2/c1-4-11(7-8-18)16-13-9-10(5-6-12(13)15)14(19)17(2)3/h5-6,9,11,16,18H,4,7-8,15H2,1-3H3. The van der Waals surface area contributed by atoms with E-state index in [4.69, 9.17) is 10.8 Å². The van der Waals surface area contributed by atoms with Gasteiger partial charge in [-0.3, -0.25) is 4.79 Å². The summed E-state index contributed by atoms with van der Waals surface area (Å²) in [4.78, 5) is 13.4. The molecule has 0 heterocycles. The average molecular weight is 265 g/mol. The van der Waals surface area contributed by atoms with Crippen LogP contribution in [0.1, 0.15) is 30.1 Å². The normalized spacial score (nSPS) is 12.0. The van der Waals surface area contributed by atoms with Crippen molar-refractivity contribution in [3.63, 3.8) is 0 Å². The summed E-state index contributed by atoms with van der Waals surface area (Å²) in [6.45, 7) is 2.17. The SMILES string of the molecule is CCC(CCO)Nc1cc(C(=O)N(C)C)ccc1N. The van der Waals surface area contributed by atoms with Gasteiger partial charge in [-0.05, 0) is 31.0 Å². The number of nitrogens with one attached hydrogen (secondary N) is 1. The Morgan fingerprint density at radius 3 is 2.68 bits per heavy atom. The average Bonchev–Trinajstić information content (AvgIpc) is 2.39. The van der Waals surface area contributed by atoms with Crippen molar-refractivity contribution < 1.29 is 9.90 Å². The maximum atomic E-state index is 11.9. The molecule has 0 spiro atoms. The second kappa shape index (κ2) is 6.99. The Balaban J connectivity index is 2.94. The number of nitrogens with zero attached hydrogens (tertiary/aromatic N) is 1. The number of hydrogen-bond donors (Lipinski definition) is 3. The van der Waals surface area contributed by atoms with Crippen molar-refractivity contribution >= 4 is 17.3 Å². The molecule has 1 aromatic rings. The van der Waals surface area contributed by atoms with Crippen LogP contribution in [0.3, 0.4) is 0 Å². The maximum Gasteiger partial charge on any atom is 0.253 e. The molecule has 0 aliphatic heterocycles. The predicted molar refractivity (Wildman–Crippen MR) is 78.3 cm³/mol.